The van der Waals surface area contributed by atoms with E-state index in [1.165, 1.54) is 12.1 Å². The molecule has 1 unspecified atom stereocenters. The Bertz CT molecular complexity index is 595. The minimum absolute atomic E-state index is 0.0246. The number of fused-ring (bicyclic) bond motifs is 1. The number of hydrogen-bond acceptors (Lipinski definition) is 2. The molecule has 0 radical (unpaired) electrons. The van der Waals surface area contributed by atoms with Crippen molar-refractivity contribution in [1.29, 1.82) is 0 Å². The number of amides is 1. The second-order valence-corrected chi connectivity index (χ2v) is 5.01. The summed E-state index contributed by atoms with van der Waals surface area (Å²) in [6.45, 7) is 2.03. The predicted molar refractivity (Wildman–Crippen MR) is 75.9 cm³/mol. The topological polar surface area (TPSA) is 65.1 Å². The van der Waals surface area contributed by atoms with Gasteiger partial charge in [-0.25, -0.2) is 4.39 Å². The average molecular weight is 278 g/mol. The van der Waals surface area contributed by atoms with Crippen LogP contribution in [-0.2, 0) is 11.2 Å². The Labute approximate surface area is 117 Å². The Morgan fingerprint density at radius 2 is 2.30 bits per heavy atom. The van der Waals surface area contributed by atoms with E-state index in [0.717, 1.165) is 22.9 Å². The first kappa shape index (κ1) is 14.5. The third-order valence-corrected chi connectivity index (χ3v) is 3.28. The van der Waals surface area contributed by atoms with Crippen LogP contribution in [0.3, 0.4) is 0 Å². The van der Waals surface area contributed by atoms with Crippen molar-refractivity contribution in [2.75, 3.05) is 6.61 Å². The van der Waals surface area contributed by atoms with Gasteiger partial charge >= 0.3 is 0 Å². The van der Waals surface area contributed by atoms with E-state index in [1.807, 2.05) is 6.92 Å². The van der Waals surface area contributed by atoms with E-state index < -0.39 is 0 Å². The lowest BCUT2D eigenvalue weighted by Gasteiger charge is -2.12. The van der Waals surface area contributed by atoms with Crippen LogP contribution in [-0.4, -0.2) is 28.6 Å². The molecule has 2 rings (SSSR count). The number of halogens is 1. The SMILES string of the molecule is CC(CCCO)NC(=O)Cc1c[nH]c2ccc(F)cc12. The van der Waals surface area contributed by atoms with Gasteiger partial charge in [0.15, 0.2) is 0 Å². The first-order valence-corrected chi connectivity index (χ1v) is 6.76. The van der Waals surface area contributed by atoms with Gasteiger partial charge in [0, 0.05) is 29.7 Å². The maximum absolute atomic E-state index is 13.2. The molecule has 2 aromatic rings. The molecule has 108 valence electrons. The molecule has 5 heteroatoms. The molecule has 3 N–H and O–H groups in total. The highest BCUT2D eigenvalue weighted by molar-refractivity contribution is 5.89. The summed E-state index contributed by atoms with van der Waals surface area (Å²) < 4.78 is 13.2. The van der Waals surface area contributed by atoms with Gasteiger partial charge in [0.1, 0.15) is 5.82 Å². The van der Waals surface area contributed by atoms with Crippen LogP contribution in [0.2, 0.25) is 0 Å². The lowest BCUT2D eigenvalue weighted by atomic mass is 10.1. The van der Waals surface area contributed by atoms with Crippen molar-refractivity contribution >= 4 is 16.8 Å². The van der Waals surface area contributed by atoms with Gasteiger partial charge in [-0.05, 0) is 43.5 Å². The smallest absolute Gasteiger partial charge is 0.224 e. The molecule has 0 bridgehead atoms. The van der Waals surface area contributed by atoms with E-state index in [-0.39, 0.29) is 30.8 Å². The molecule has 4 nitrogen and oxygen atoms in total. The van der Waals surface area contributed by atoms with Gasteiger partial charge in [0.05, 0.1) is 6.42 Å². The van der Waals surface area contributed by atoms with Crippen LogP contribution in [0, 0.1) is 5.82 Å². The van der Waals surface area contributed by atoms with E-state index in [0.29, 0.717) is 6.42 Å². The van der Waals surface area contributed by atoms with Crippen LogP contribution < -0.4 is 5.32 Å². The van der Waals surface area contributed by atoms with Crippen LogP contribution in [0.5, 0.6) is 0 Å². The Morgan fingerprint density at radius 3 is 3.05 bits per heavy atom. The number of aliphatic hydroxyl groups excluding tert-OH is 1. The van der Waals surface area contributed by atoms with Gasteiger partial charge in [0.25, 0.3) is 0 Å². The van der Waals surface area contributed by atoms with Crippen LogP contribution in [0.1, 0.15) is 25.3 Å². The summed E-state index contributed by atoms with van der Waals surface area (Å²) in [4.78, 5) is 15.0. The van der Waals surface area contributed by atoms with Crippen molar-refractivity contribution in [3.05, 3.63) is 35.8 Å². The van der Waals surface area contributed by atoms with Gasteiger partial charge in [-0.1, -0.05) is 0 Å². The molecule has 0 saturated heterocycles. The normalized spacial score (nSPS) is 12.6. The van der Waals surface area contributed by atoms with E-state index >= 15 is 0 Å². The number of aliphatic hydroxyl groups is 1. The van der Waals surface area contributed by atoms with E-state index in [1.54, 1.807) is 12.3 Å². The standard InChI is InChI=1S/C15H19FN2O2/c1-10(3-2-6-19)18-15(20)7-11-9-17-14-5-4-12(16)8-13(11)14/h4-5,8-10,17,19H,2-3,6-7H2,1H3,(H,18,20). The molecular formula is C15H19FN2O2. The van der Waals surface area contributed by atoms with Gasteiger partial charge in [0.2, 0.25) is 5.91 Å². The molecule has 0 aliphatic rings. The van der Waals surface area contributed by atoms with Crippen LogP contribution in [0.25, 0.3) is 10.9 Å². The molecule has 1 amide bonds. The zero-order chi connectivity index (χ0) is 14.5. The third kappa shape index (κ3) is 3.57. The zero-order valence-electron chi connectivity index (χ0n) is 11.4. The fourth-order valence-corrected chi connectivity index (χ4v) is 2.27. The maximum atomic E-state index is 13.2. The average Bonchev–Trinajstić information content (AvgIpc) is 2.79. The Kier molecular flexibility index (Phi) is 4.74. The maximum Gasteiger partial charge on any atom is 0.224 e. The molecule has 0 spiro atoms. The Hall–Kier alpha value is -1.88. The Balaban J connectivity index is 2.01. The summed E-state index contributed by atoms with van der Waals surface area (Å²) >= 11 is 0. The predicted octanol–water partition coefficient (Wildman–Crippen LogP) is 2.13. The van der Waals surface area contributed by atoms with Gasteiger partial charge in [-0.15, -0.1) is 0 Å². The summed E-state index contributed by atoms with van der Waals surface area (Å²) in [5.41, 5.74) is 1.61. The number of rotatable bonds is 6. The number of aromatic nitrogens is 1. The van der Waals surface area contributed by atoms with Crippen molar-refractivity contribution in [2.45, 2.75) is 32.2 Å². The summed E-state index contributed by atoms with van der Waals surface area (Å²) in [6.07, 6.45) is 3.36. The van der Waals surface area contributed by atoms with Crippen molar-refractivity contribution in [3.63, 3.8) is 0 Å². The van der Waals surface area contributed by atoms with Crippen molar-refractivity contribution in [2.24, 2.45) is 0 Å². The van der Waals surface area contributed by atoms with Crippen LogP contribution >= 0.6 is 0 Å². The quantitative estimate of drug-likeness (QED) is 0.758. The van der Waals surface area contributed by atoms with Crippen molar-refractivity contribution in [3.8, 4) is 0 Å². The largest absolute Gasteiger partial charge is 0.396 e. The highest BCUT2D eigenvalue weighted by Crippen LogP contribution is 2.19. The molecule has 0 aliphatic carbocycles. The molecular weight excluding hydrogens is 259 g/mol. The number of hydrogen-bond donors (Lipinski definition) is 3. The Morgan fingerprint density at radius 1 is 1.50 bits per heavy atom. The second kappa shape index (κ2) is 6.52. The fraction of sp³-hybridized carbons (Fsp3) is 0.400. The zero-order valence-corrected chi connectivity index (χ0v) is 11.4. The molecule has 1 atom stereocenters. The highest BCUT2D eigenvalue weighted by atomic mass is 19.1. The first-order chi connectivity index (χ1) is 9.60. The lowest BCUT2D eigenvalue weighted by molar-refractivity contribution is -0.121. The minimum Gasteiger partial charge on any atom is -0.396 e. The number of carbonyl (C=O) groups is 1. The van der Waals surface area contributed by atoms with Gasteiger partial charge in [-0.3, -0.25) is 4.79 Å². The van der Waals surface area contributed by atoms with Crippen molar-refractivity contribution < 1.29 is 14.3 Å². The second-order valence-electron chi connectivity index (χ2n) is 5.01. The van der Waals surface area contributed by atoms with Gasteiger partial charge in [-0.2, -0.15) is 0 Å². The molecule has 1 aromatic heterocycles. The lowest BCUT2D eigenvalue weighted by Crippen LogP contribution is -2.33. The number of aromatic amines is 1. The monoisotopic (exact) mass is 278 g/mol. The molecule has 1 aromatic carbocycles. The number of nitrogens with one attached hydrogen (secondary N) is 2. The van der Waals surface area contributed by atoms with E-state index in [4.69, 9.17) is 5.11 Å². The van der Waals surface area contributed by atoms with Crippen molar-refractivity contribution in [1.82, 2.24) is 10.3 Å². The molecule has 0 fully saturated rings. The van der Waals surface area contributed by atoms with E-state index in [9.17, 15) is 9.18 Å². The minimum atomic E-state index is -0.310. The van der Waals surface area contributed by atoms with Crippen LogP contribution in [0.15, 0.2) is 24.4 Å². The van der Waals surface area contributed by atoms with E-state index in [2.05, 4.69) is 10.3 Å². The number of benzene rings is 1. The molecule has 0 saturated carbocycles. The summed E-state index contributed by atoms with van der Waals surface area (Å²) in [5.74, 6) is -0.407. The summed E-state index contributed by atoms with van der Waals surface area (Å²) in [5, 5.41) is 12.4. The fourth-order valence-electron chi connectivity index (χ4n) is 2.27. The summed E-state index contributed by atoms with van der Waals surface area (Å²) in [7, 11) is 0. The number of H-pyrrole nitrogens is 1. The third-order valence-electron chi connectivity index (χ3n) is 3.28. The first-order valence-electron chi connectivity index (χ1n) is 6.76. The number of carbonyl (C=O) groups excluding carboxylic acids is 1. The highest BCUT2D eigenvalue weighted by Gasteiger charge is 2.11. The molecule has 20 heavy (non-hydrogen) atoms. The summed E-state index contributed by atoms with van der Waals surface area (Å²) in [6, 6.07) is 4.51. The molecule has 1 heterocycles. The molecule has 0 aliphatic heterocycles. The van der Waals surface area contributed by atoms with Gasteiger partial charge < -0.3 is 15.4 Å². The van der Waals surface area contributed by atoms with Crippen LogP contribution in [0.4, 0.5) is 4.39 Å².